The monoisotopic (exact) mass is 272 g/mol. The molecule has 1 unspecified atom stereocenters. The molecular weight excluding hydrogens is 260 g/mol. The van der Waals surface area contributed by atoms with Gasteiger partial charge in [-0.2, -0.15) is 0 Å². The Morgan fingerprint density at radius 3 is 3.12 bits per heavy atom. The molecule has 1 aromatic rings. The normalized spacial score (nSPS) is 19.9. The van der Waals surface area contributed by atoms with Crippen LogP contribution in [-0.2, 0) is 4.79 Å². The summed E-state index contributed by atoms with van der Waals surface area (Å²) in [5.74, 6) is 0.605. The molecule has 7 heteroatoms. The molecule has 1 atom stereocenters. The predicted octanol–water partition coefficient (Wildman–Crippen LogP) is 1.54. The molecule has 2 N–H and O–H groups in total. The SMILES string of the molecule is CSc1nc(Cl)cc(NC2CCCNC2=O)n1. The molecule has 1 aliphatic rings. The lowest BCUT2D eigenvalue weighted by Crippen LogP contribution is -2.44. The lowest BCUT2D eigenvalue weighted by atomic mass is 10.1. The maximum Gasteiger partial charge on any atom is 0.242 e. The smallest absolute Gasteiger partial charge is 0.242 e. The summed E-state index contributed by atoms with van der Waals surface area (Å²) in [6.07, 6.45) is 3.66. The van der Waals surface area contributed by atoms with Gasteiger partial charge in [-0.05, 0) is 19.1 Å². The van der Waals surface area contributed by atoms with E-state index in [0.717, 1.165) is 19.4 Å². The fraction of sp³-hybridized carbons (Fsp3) is 0.500. The van der Waals surface area contributed by atoms with E-state index in [0.29, 0.717) is 16.1 Å². The van der Waals surface area contributed by atoms with Crippen molar-refractivity contribution in [2.45, 2.75) is 24.0 Å². The minimum absolute atomic E-state index is 0.0108. The van der Waals surface area contributed by atoms with E-state index in [2.05, 4.69) is 20.6 Å². The Bertz CT molecular complexity index is 429. The molecule has 1 saturated heterocycles. The van der Waals surface area contributed by atoms with Gasteiger partial charge in [0.15, 0.2) is 5.16 Å². The van der Waals surface area contributed by atoms with Crippen LogP contribution in [-0.4, -0.2) is 34.7 Å². The van der Waals surface area contributed by atoms with Gasteiger partial charge in [0.2, 0.25) is 5.91 Å². The molecule has 2 rings (SSSR count). The molecule has 17 heavy (non-hydrogen) atoms. The van der Waals surface area contributed by atoms with E-state index < -0.39 is 0 Å². The first-order chi connectivity index (χ1) is 8.19. The molecule has 0 aromatic carbocycles. The molecule has 1 amide bonds. The number of halogens is 1. The maximum atomic E-state index is 11.6. The first-order valence-electron chi connectivity index (χ1n) is 5.32. The topological polar surface area (TPSA) is 66.9 Å². The lowest BCUT2D eigenvalue weighted by Gasteiger charge is -2.23. The molecule has 2 heterocycles. The van der Waals surface area contributed by atoms with Crippen LogP contribution in [0.1, 0.15) is 12.8 Å². The summed E-state index contributed by atoms with van der Waals surface area (Å²) in [6, 6.07) is 1.40. The molecule has 5 nitrogen and oxygen atoms in total. The Morgan fingerprint density at radius 1 is 1.59 bits per heavy atom. The highest BCUT2D eigenvalue weighted by Crippen LogP contribution is 2.19. The minimum atomic E-state index is -0.232. The van der Waals surface area contributed by atoms with Crippen LogP contribution in [0.3, 0.4) is 0 Å². The Morgan fingerprint density at radius 2 is 2.41 bits per heavy atom. The van der Waals surface area contributed by atoms with Crippen molar-refractivity contribution in [2.75, 3.05) is 18.1 Å². The average Bonchev–Trinajstić information content (AvgIpc) is 2.31. The molecule has 1 aliphatic heterocycles. The van der Waals surface area contributed by atoms with Crippen molar-refractivity contribution in [2.24, 2.45) is 0 Å². The Labute approximate surface area is 109 Å². The second-order valence-electron chi connectivity index (χ2n) is 3.69. The Balaban J connectivity index is 2.11. The summed E-state index contributed by atoms with van der Waals surface area (Å²) in [5.41, 5.74) is 0. The number of hydrogen-bond acceptors (Lipinski definition) is 5. The summed E-state index contributed by atoms with van der Waals surface area (Å²) in [4.78, 5) is 19.9. The zero-order valence-corrected chi connectivity index (χ0v) is 10.9. The standard InChI is InChI=1S/C10H13ClN4OS/c1-17-10-14-7(11)5-8(15-10)13-6-3-2-4-12-9(6)16/h5-6H,2-4H2,1H3,(H,12,16)(H,13,14,15). The summed E-state index contributed by atoms with van der Waals surface area (Å²) in [6.45, 7) is 0.748. The number of nitrogens with zero attached hydrogens (tertiary/aromatic N) is 2. The second-order valence-corrected chi connectivity index (χ2v) is 4.85. The van der Waals surface area contributed by atoms with Crippen molar-refractivity contribution in [1.82, 2.24) is 15.3 Å². The first-order valence-corrected chi connectivity index (χ1v) is 6.92. The first kappa shape index (κ1) is 12.4. The van der Waals surface area contributed by atoms with Gasteiger partial charge in [-0.1, -0.05) is 23.4 Å². The van der Waals surface area contributed by atoms with E-state index in [-0.39, 0.29) is 11.9 Å². The van der Waals surface area contributed by atoms with Crippen LogP contribution >= 0.6 is 23.4 Å². The van der Waals surface area contributed by atoms with Crippen molar-refractivity contribution in [3.05, 3.63) is 11.2 Å². The molecule has 0 radical (unpaired) electrons. The van der Waals surface area contributed by atoms with Crippen molar-refractivity contribution >= 4 is 35.1 Å². The molecule has 1 aromatic heterocycles. The summed E-state index contributed by atoms with van der Waals surface area (Å²) >= 11 is 7.29. The second kappa shape index (κ2) is 5.55. The average molecular weight is 273 g/mol. The van der Waals surface area contributed by atoms with Gasteiger partial charge in [0, 0.05) is 12.6 Å². The number of aromatic nitrogens is 2. The quantitative estimate of drug-likeness (QED) is 0.496. The molecule has 0 bridgehead atoms. The van der Waals surface area contributed by atoms with Gasteiger partial charge < -0.3 is 10.6 Å². The Hall–Kier alpha value is -1.01. The number of carbonyl (C=O) groups is 1. The van der Waals surface area contributed by atoms with Crippen molar-refractivity contribution in [1.29, 1.82) is 0 Å². The van der Waals surface area contributed by atoms with Crippen LogP contribution in [0.2, 0.25) is 5.15 Å². The van der Waals surface area contributed by atoms with Gasteiger partial charge in [0.25, 0.3) is 0 Å². The van der Waals surface area contributed by atoms with E-state index in [1.165, 1.54) is 11.8 Å². The molecule has 92 valence electrons. The van der Waals surface area contributed by atoms with Crippen molar-refractivity contribution in [3.63, 3.8) is 0 Å². The van der Waals surface area contributed by atoms with Gasteiger partial charge in [0.1, 0.15) is 17.0 Å². The number of amides is 1. The van der Waals surface area contributed by atoms with E-state index >= 15 is 0 Å². The molecule has 0 spiro atoms. The lowest BCUT2D eigenvalue weighted by molar-refractivity contribution is -0.123. The van der Waals surface area contributed by atoms with Gasteiger partial charge in [-0.15, -0.1) is 0 Å². The number of anilines is 1. The highest BCUT2D eigenvalue weighted by atomic mass is 35.5. The van der Waals surface area contributed by atoms with E-state index in [1.807, 2.05) is 6.26 Å². The Kier molecular flexibility index (Phi) is 4.06. The van der Waals surface area contributed by atoms with Crippen LogP contribution < -0.4 is 10.6 Å². The third-order valence-electron chi connectivity index (χ3n) is 2.46. The van der Waals surface area contributed by atoms with Gasteiger partial charge in [-0.25, -0.2) is 9.97 Å². The van der Waals surface area contributed by atoms with Gasteiger partial charge >= 0.3 is 0 Å². The van der Waals surface area contributed by atoms with E-state index in [1.54, 1.807) is 6.07 Å². The largest absolute Gasteiger partial charge is 0.358 e. The van der Waals surface area contributed by atoms with Crippen LogP contribution in [0.15, 0.2) is 11.2 Å². The maximum absolute atomic E-state index is 11.6. The number of carbonyl (C=O) groups excluding carboxylic acids is 1. The number of rotatable bonds is 3. The molecule has 1 fully saturated rings. The van der Waals surface area contributed by atoms with Crippen LogP contribution in [0.25, 0.3) is 0 Å². The van der Waals surface area contributed by atoms with Gasteiger partial charge in [-0.3, -0.25) is 4.79 Å². The van der Waals surface area contributed by atoms with Crippen molar-refractivity contribution in [3.8, 4) is 0 Å². The molecule has 0 saturated carbocycles. The fourth-order valence-electron chi connectivity index (χ4n) is 1.65. The molecule has 0 aliphatic carbocycles. The van der Waals surface area contributed by atoms with Crippen molar-refractivity contribution < 1.29 is 4.79 Å². The predicted molar refractivity (Wildman–Crippen MR) is 68.5 cm³/mol. The third kappa shape index (κ3) is 3.23. The number of nitrogens with one attached hydrogen (secondary N) is 2. The minimum Gasteiger partial charge on any atom is -0.358 e. The van der Waals surface area contributed by atoms with Crippen LogP contribution in [0, 0.1) is 0 Å². The number of hydrogen-bond donors (Lipinski definition) is 2. The van der Waals surface area contributed by atoms with E-state index in [9.17, 15) is 4.79 Å². The van der Waals surface area contributed by atoms with Crippen LogP contribution in [0.5, 0.6) is 0 Å². The zero-order valence-electron chi connectivity index (χ0n) is 9.36. The molecular formula is C10H13ClN4OS. The summed E-state index contributed by atoms with van der Waals surface area (Å²) < 4.78 is 0. The number of piperidine rings is 1. The van der Waals surface area contributed by atoms with Gasteiger partial charge in [0.05, 0.1) is 0 Å². The summed E-state index contributed by atoms with van der Waals surface area (Å²) in [7, 11) is 0. The highest BCUT2D eigenvalue weighted by molar-refractivity contribution is 7.98. The number of thioether (sulfide) groups is 1. The third-order valence-corrected chi connectivity index (χ3v) is 3.21. The summed E-state index contributed by atoms with van der Waals surface area (Å²) in [5, 5.41) is 6.87. The van der Waals surface area contributed by atoms with Crippen LogP contribution in [0.4, 0.5) is 5.82 Å². The fourth-order valence-corrected chi connectivity index (χ4v) is 2.26. The highest BCUT2D eigenvalue weighted by Gasteiger charge is 2.22. The van der Waals surface area contributed by atoms with E-state index in [4.69, 9.17) is 11.6 Å². The zero-order chi connectivity index (χ0) is 12.3.